The minimum Gasteiger partial charge on any atom is -0.467 e. The number of amides is 1. The molecule has 2 heterocycles. The fourth-order valence-corrected chi connectivity index (χ4v) is 4.07. The monoisotopic (exact) mass is 427 g/mol. The average molecular weight is 428 g/mol. The molecule has 0 spiro atoms. The van der Waals surface area contributed by atoms with Crippen molar-refractivity contribution in [3.8, 4) is 11.1 Å². The van der Waals surface area contributed by atoms with Crippen LogP contribution in [-0.4, -0.2) is 34.6 Å². The second-order valence-corrected chi connectivity index (χ2v) is 8.36. The lowest BCUT2D eigenvalue weighted by Crippen LogP contribution is -2.45. The number of hydrogen-bond acceptors (Lipinski definition) is 6. The largest absolute Gasteiger partial charge is 0.467 e. The third kappa shape index (κ3) is 4.59. The fourth-order valence-electron chi connectivity index (χ4n) is 3.16. The summed E-state index contributed by atoms with van der Waals surface area (Å²) in [4.78, 5) is 42.3. The third-order valence-electron chi connectivity index (χ3n) is 4.94. The summed E-state index contributed by atoms with van der Waals surface area (Å²) in [7, 11) is 1.29. The summed E-state index contributed by atoms with van der Waals surface area (Å²) < 4.78 is 6.18. The van der Waals surface area contributed by atoms with E-state index in [4.69, 9.17) is 4.74 Å². The number of hydrogen-bond donors (Lipinski definition) is 1. The Hall–Kier alpha value is -3.00. The van der Waals surface area contributed by atoms with E-state index in [0.29, 0.717) is 10.2 Å². The van der Waals surface area contributed by atoms with Crippen molar-refractivity contribution >= 4 is 33.4 Å². The number of rotatable bonds is 7. The van der Waals surface area contributed by atoms with Gasteiger partial charge in [0.2, 0.25) is 5.91 Å². The van der Waals surface area contributed by atoms with Gasteiger partial charge in [0, 0.05) is 23.9 Å². The third-order valence-corrected chi connectivity index (χ3v) is 5.83. The zero-order chi connectivity index (χ0) is 21.8. The predicted octanol–water partition coefficient (Wildman–Crippen LogP) is 3.14. The van der Waals surface area contributed by atoms with E-state index in [1.54, 1.807) is 0 Å². The molecule has 2 aromatic heterocycles. The van der Waals surface area contributed by atoms with Gasteiger partial charge in [0.25, 0.3) is 5.56 Å². The van der Waals surface area contributed by atoms with E-state index in [0.717, 1.165) is 16.7 Å². The molecule has 1 N–H and O–H groups in total. The van der Waals surface area contributed by atoms with Crippen LogP contribution in [0.2, 0.25) is 0 Å². The summed E-state index contributed by atoms with van der Waals surface area (Å²) >= 11 is 1.42. The Bertz CT molecular complexity index is 1120. The SMILES string of the molecule is COC(=O)[C@@H](NC(=O)CCn1cnc2scc(-c3ccc(C)cc3)c2c1=O)C(C)C. The van der Waals surface area contributed by atoms with Crippen LogP contribution in [-0.2, 0) is 20.9 Å². The molecule has 3 aromatic rings. The molecule has 8 heteroatoms. The molecule has 1 amide bonds. The van der Waals surface area contributed by atoms with E-state index in [-0.39, 0.29) is 30.3 Å². The molecule has 158 valence electrons. The Kier molecular flexibility index (Phi) is 6.66. The second-order valence-electron chi connectivity index (χ2n) is 7.50. The number of fused-ring (bicyclic) bond motifs is 1. The predicted molar refractivity (Wildman–Crippen MR) is 117 cm³/mol. The lowest BCUT2D eigenvalue weighted by Gasteiger charge is -2.19. The van der Waals surface area contributed by atoms with Gasteiger partial charge in [-0.05, 0) is 18.4 Å². The summed E-state index contributed by atoms with van der Waals surface area (Å²) in [6.45, 7) is 5.84. The van der Waals surface area contributed by atoms with Crippen molar-refractivity contribution in [1.29, 1.82) is 0 Å². The minimum absolute atomic E-state index is 0.0529. The van der Waals surface area contributed by atoms with Gasteiger partial charge in [-0.1, -0.05) is 43.7 Å². The Morgan fingerprint density at radius 1 is 1.23 bits per heavy atom. The van der Waals surface area contributed by atoms with E-state index in [2.05, 4.69) is 10.3 Å². The van der Waals surface area contributed by atoms with Crippen LogP contribution in [0.5, 0.6) is 0 Å². The highest BCUT2D eigenvalue weighted by Gasteiger charge is 2.24. The highest BCUT2D eigenvalue weighted by atomic mass is 32.1. The van der Waals surface area contributed by atoms with E-state index < -0.39 is 12.0 Å². The second kappa shape index (κ2) is 9.21. The topological polar surface area (TPSA) is 90.3 Å². The zero-order valence-corrected chi connectivity index (χ0v) is 18.3. The van der Waals surface area contributed by atoms with Gasteiger partial charge in [0.1, 0.15) is 10.9 Å². The van der Waals surface area contributed by atoms with E-state index in [1.165, 1.54) is 29.3 Å². The molecule has 1 aromatic carbocycles. The number of aromatic nitrogens is 2. The van der Waals surface area contributed by atoms with Crippen molar-refractivity contribution < 1.29 is 14.3 Å². The normalized spacial score (nSPS) is 12.2. The number of benzene rings is 1. The maximum atomic E-state index is 13.1. The minimum atomic E-state index is -0.718. The summed E-state index contributed by atoms with van der Waals surface area (Å²) in [5.74, 6) is -0.917. The van der Waals surface area contributed by atoms with Crippen molar-refractivity contribution in [2.75, 3.05) is 7.11 Å². The lowest BCUT2D eigenvalue weighted by atomic mass is 10.0. The Balaban J connectivity index is 1.80. The summed E-state index contributed by atoms with van der Waals surface area (Å²) in [5, 5.41) is 5.18. The lowest BCUT2D eigenvalue weighted by molar-refractivity contribution is -0.146. The molecule has 0 aliphatic carbocycles. The van der Waals surface area contributed by atoms with Crippen LogP contribution >= 0.6 is 11.3 Å². The van der Waals surface area contributed by atoms with Crippen LogP contribution in [0.25, 0.3) is 21.3 Å². The van der Waals surface area contributed by atoms with Crippen LogP contribution in [0.3, 0.4) is 0 Å². The molecule has 0 fully saturated rings. The molecule has 7 nitrogen and oxygen atoms in total. The number of methoxy groups -OCH3 is 1. The Morgan fingerprint density at radius 2 is 1.93 bits per heavy atom. The van der Waals surface area contributed by atoms with Crippen molar-refractivity contribution in [3.05, 3.63) is 51.9 Å². The van der Waals surface area contributed by atoms with Crippen molar-refractivity contribution in [3.63, 3.8) is 0 Å². The van der Waals surface area contributed by atoms with Crippen molar-refractivity contribution in [2.24, 2.45) is 5.92 Å². The van der Waals surface area contributed by atoms with E-state index in [9.17, 15) is 14.4 Å². The van der Waals surface area contributed by atoms with Gasteiger partial charge < -0.3 is 10.1 Å². The van der Waals surface area contributed by atoms with Gasteiger partial charge in [-0.3, -0.25) is 14.2 Å². The van der Waals surface area contributed by atoms with Gasteiger partial charge in [0.15, 0.2) is 0 Å². The van der Waals surface area contributed by atoms with Gasteiger partial charge in [0.05, 0.1) is 18.8 Å². The first-order valence-electron chi connectivity index (χ1n) is 9.72. The van der Waals surface area contributed by atoms with Crippen LogP contribution in [0, 0.1) is 12.8 Å². The number of nitrogens with zero attached hydrogens (tertiary/aromatic N) is 2. The van der Waals surface area contributed by atoms with Gasteiger partial charge in [-0.25, -0.2) is 9.78 Å². The maximum absolute atomic E-state index is 13.1. The molecular formula is C22H25N3O4S. The molecule has 0 aliphatic rings. The molecule has 0 saturated carbocycles. The molecule has 0 saturated heterocycles. The van der Waals surface area contributed by atoms with Crippen molar-refractivity contribution in [1.82, 2.24) is 14.9 Å². The van der Waals surface area contributed by atoms with Crippen LogP contribution < -0.4 is 10.9 Å². The molecule has 0 aliphatic heterocycles. The summed E-state index contributed by atoms with van der Waals surface area (Å²) in [6.07, 6.45) is 1.52. The molecule has 0 bridgehead atoms. The smallest absolute Gasteiger partial charge is 0.328 e. The Morgan fingerprint density at radius 3 is 2.57 bits per heavy atom. The molecular weight excluding hydrogens is 402 g/mol. The van der Waals surface area contributed by atoms with E-state index >= 15 is 0 Å². The van der Waals surface area contributed by atoms with E-state index in [1.807, 2.05) is 50.4 Å². The molecule has 30 heavy (non-hydrogen) atoms. The number of esters is 1. The first-order chi connectivity index (χ1) is 14.3. The van der Waals surface area contributed by atoms with Crippen molar-refractivity contribution in [2.45, 2.75) is 39.8 Å². The standard InChI is InChI=1S/C22H25N3O4S/c1-13(2)19(22(28)29-4)24-17(26)9-10-25-12-23-20-18(21(25)27)16(11-30-20)15-7-5-14(3)6-8-15/h5-8,11-13,19H,9-10H2,1-4H3,(H,24,26)/t19-/m0/s1. The number of thiophene rings is 1. The highest BCUT2D eigenvalue weighted by Crippen LogP contribution is 2.30. The summed E-state index contributed by atoms with van der Waals surface area (Å²) in [6, 6.07) is 7.26. The number of nitrogens with one attached hydrogen (secondary N) is 1. The highest BCUT2D eigenvalue weighted by molar-refractivity contribution is 7.17. The summed E-state index contributed by atoms with van der Waals surface area (Å²) in [5.41, 5.74) is 2.76. The molecule has 0 unspecified atom stereocenters. The first kappa shape index (κ1) is 21.7. The molecule has 0 radical (unpaired) electrons. The maximum Gasteiger partial charge on any atom is 0.328 e. The molecule has 3 rings (SSSR count). The first-order valence-corrected chi connectivity index (χ1v) is 10.6. The van der Waals surface area contributed by atoms with Gasteiger partial charge in [-0.2, -0.15) is 0 Å². The number of carbonyl (C=O) groups is 2. The number of ether oxygens (including phenoxy) is 1. The fraction of sp³-hybridized carbons (Fsp3) is 0.364. The number of carbonyl (C=O) groups excluding carboxylic acids is 2. The zero-order valence-electron chi connectivity index (χ0n) is 17.5. The van der Waals surface area contributed by atoms with Crippen LogP contribution in [0.1, 0.15) is 25.8 Å². The van der Waals surface area contributed by atoms with Gasteiger partial charge >= 0.3 is 5.97 Å². The quantitative estimate of drug-likeness (QED) is 0.585. The van der Waals surface area contributed by atoms with Crippen LogP contribution in [0.15, 0.2) is 40.8 Å². The molecule has 1 atom stereocenters. The average Bonchev–Trinajstić information content (AvgIpc) is 3.16. The number of aryl methyl sites for hydroxylation is 2. The Labute approximate surface area is 178 Å². The van der Waals surface area contributed by atoms with Crippen LogP contribution in [0.4, 0.5) is 0 Å². The van der Waals surface area contributed by atoms with Gasteiger partial charge in [-0.15, -0.1) is 11.3 Å².